The Hall–Kier alpha value is -3.02. The number of carbonyl (C=O) groups excluding carboxylic acids is 4. The molecule has 134 valence electrons. The second-order valence-electron chi connectivity index (χ2n) is 7.23. The van der Waals surface area contributed by atoms with Crippen LogP contribution in [0, 0.1) is 12.3 Å². The molecular weight excluding hydrogens is 336 g/mol. The molecule has 0 spiro atoms. The molecule has 26 heavy (non-hydrogen) atoms. The summed E-state index contributed by atoms with van der Waals surface area (Å²) < 4.78 is 0. The Morgan fingerprint density at radius 3 is 2.12 bits per heavy atom. The van der Waals surface area contributed by atoms with Gasteiger partial charge in [0.1, 0.15) is 11.5 Å². The number of aliphatic hydroxyl groups excluding tert-OH is 1. The summed E-state index contributed by atoms with van der Waals surface area (Å²) in [6, 6.07) is 1.37. The van der Waals surface area contributed by atoms with Gasteiger partial charge in [-0.05, 0) is 46.2 Å². The molecule has 1 aromatic carbocycles. The first-order valence-corrected chi connectivity index (χ1v) is 8.09. The second kappa shape index (κ2) is 5.24. The van der Waals surface area contributed by atoms with E-state index >= 15 is 0 Å². The molecule has 0 unspecified atom stereocenters. The summed E-state index contributed by atoms with van der Waals surface area (Å²) in [7, 11) is 0. The molecule has 0 heterocycles. The summed E-state index contributed by atoms with van der Waals surface area (Å²) in [5, 5.41) is 20.9. The van der Waals surface area contributed by atoms with Crippen LogP contribution in [-0.2, 0) is 4.79 Å². The van der Waals surface area contributed by atoms with E-state index in [0.29, 0.717) is 5.56 Å². The molecule has 0 amide bonds. The quantitative estimate of drug-likeness (QED) is 0.593. The number of aromatic hydroxyl groups is 1. The van der Waals surface area contributed by atoms with Crippen LogP contribution < -0.4 is 0 Å². The molecule has 3 rings (SSSR count). The van der Waals surface area contributed by atoms with Gasteiger partial charge in [-0.2, -0.15) is 0 Å². The predicted octanol–water partition coefficient (Wildman–Crippen LogP) is 3.02. The number of carbonyl (C=O) groups is 4. The third-order valence-corrected chi connectivity index (χ3v) is 5.17. The van der Waals surface area contributed by atoms with Crippen molar-refractivity contribution in [2.45, 2.75) is 34.6 Å². The van der Waals surface area contributed by atoms with E-state index in [2.05, 4.69) is 0 Å². The highest BCUT2D eigenvalue weighted by molar-refractivity contribution is 6.41. The molecule has 0 saturated carbocycles. The van der Waals surface area contributed by atoms with Crippen molar-refractivity contribution in [1.29, 1.82) is 0 Å². The first-order chi connectivity index (χ1) is 11.9. The Bertz CT molecular complexity index is 1020. The molecule has 0 aliphatic heterocycles. The monoisotopic (exact) mass is 354 g/mol. The van der Waals surface area contributed by atoms with E-state index in [1.165, 1.54) is 19.9 Å². The van der Waals surface area contributed by atoms with Crippen LogP contribution in [0.4, 0.5) is 0 Å². The van der Waals surface area contributed by atoms with Crippen molar-refractivity contribution in [2.24, 2.45) is 5.41 Å². The van der Waals surface area contributed by atoms with Gasteiger partial charge in [0.25, 0.3) is 0 Å². The fourth-order valence-electron chi connectivity index (χ4n) is 3.84. The van der Waals surface area contributed by atoms with E-state index in [4.69, 9.17) is 0 Å². The van der Waals surface area contributed by atoms with Gasteiger partial charge in [-0.3, -0.25) is 19.2 Å². The molecule has 1 aromatic rings. The summed E-state index contributed by atoms with van der Waals surface area (Å²) in [6.45, 7) is 7.29. The Morgan fingerprint density at radius 2 is 1.58 bits per heavy atom. The molecule has 0 saturated heterocycles. The lowest BCUT2D eigenvalue weighted by Gasteiger charge is -2.36. The van der Waals surface area contributed by atoms with Crippen LogP contribution in [0.25, 0.3) is 0 Å². The number of allylic oxidation sites excluding steroid dienone is 3. The number of hydrogen-bond acceptors (Lipinski definition) is 6. The van der Waals surface area contributed by atoms with Crippen LogP contribution in [0.5, 0.6) is 5.75 Å². The average molecular weight is 354 g/mol. The van der Waals surface area contributed by atoms with Crippen molar-refractivity contribution in [1.82, 2.24) is 0 Å². The van der Waals surface area contributed by atoms with Crippen molar-refractivity contribution < 1.29 is 29.4 Å². The standard InChI is InChI=1S/C20H18O6/c1-7-6-10-12(17(24)11(7)9(3)21)18(25)13-14(16(10)23)20(4,5)19(26)8(2)15(13)22/h6,24,26H,1-5H3. The van der Waals surface area contributed by atoms with Crippen molar-refractivity contribution in [3.05, 3.63) is 50.8 Å². The molecule has 2 N–H and O–H groups in total. The van der Waals surface area contributed by atoms with Gasteiger partial charge in [0.15, 0.2) is 17.3 Å². The third kappa shape index (κ3) is 1.98. The van der Waals surface area contributed by atoms with E-state index < -0.39 is 34.3 Å². The molecule has 0 atom stereocenters. The summed E-state index contributed by atoms with van der Waals surface area (Å²) in [5.41, 5.74) is -1.77. The molecule has 2 aliphatic rings. The maximum atomic E-state index is 13.1. The van der Waals surface area contributed by atoms with Crippen LogP contribution in [-0.4, -0.2) is 33.3 Å². The largest absolute Gasteiger partial charge is 0.511 e. The third-order valence-electron chi connectivity index (χ3n) is 5.17. The number of Topliss-reactive ketones (excluding diaryl/α,β-unsaturated/α-hetero) is 4. The van der Waals surface area contributed by atoms with E-state index in [1.807, 2.05) is 0 Å². The highest BCUT2D eigenvalue weighted by atomic mass is 16.3. The van der Waals surface area contributed by atoms with Gasteiger partial charge >= 0.3 is 0 Å². The zero-order valence-electron chi connectivity index (χ0n) is 15.1. The fraction of sp³-hybridized carbons (Fsp3) is 0.300. The van der Waals surface area contributed by atoms with Crippen LogP contribution in [0.15, 0.2) is 28.5 Å². The van der Waals surface area contributed by atoms with Gasteiger partial charge in [0.05, 0.1) is 22.1 Å². The first kappa shape index (κ1) is 17.8. The van der Waals surface area contributed by atoms with Gasteiger partial charge in [0.2, 0.25) is 5.78 Å². The zero-order chi connectivity index (χ0) is 19.7. The molecule has 0 bridgehead atoms. The number of rotatable bonds is 1. The van der Waals surface area contributed by atoms with Crippen molar-refractivity contribution in [2.75, 3.05) is 0 Å². The summed E-state index contributed by atoms with van der Waals surface area (Å²) in [4.78, 5) is 50.6. The van der Waals surface area contributed by atoms with Crippen LogP contribution >= 0.6 is 0 Å². The number of aliphatic hydroxyl groups is 1. The van der Waals surface area contributed by atoms with Crippen molar-refractivity contribution in [3.8, 4) is 5.75 Å². The number of benzene rings is 1. The Balaban J connectivity index is 2.41. The minimum atomic E-state index is -1.22. The van der Waals surface area contributed by atoms with E-state index in [0.717, 1.165) is 0 Å². The zero-order valence-corrected chi connectivity index (χ0v) is 15.1. The van der Waals surface area contributed by atoms with Crippen LogP contribution in [0.1, 0.15) is 64.3 Å². The summed E-state index contributed by atoms with van der Waals surface area (Å²) >= 11 is 0. The number of fused-ring (bicyclic) bond motifs is 1. The highest BCUT2D eigenvalue weighted by Crippen LogP contribution is 2.48. The number of aryl methyl sites for hydroxylation is 1. The molecular formula is C20H18O6. The molecule has 6 heteroatoms. The summed E-state index contributed by atoms with van der Waals surface area (Å²) in [6.07, 6.45) is 0. The van der Waals surface area contributed by atoms with Crippen LogP contribution in [0.3, 0.4) is 0 Å². The minimum absolute atomic E-state index is 0.0169. The van der Waals surface area contributed by atoms with E-state index in [1.54, 1.807) is 20.8 Å². The lowest BCUT2D eigenvalue weighted by Crippen LogP contribution is -2.39. The smallest absolute Gasteiger partial charge is 0.201 e. The molecule has 0 radical (unpaired) electrons. The normalized spacial score (nSPS) is 18.9. The number of hydrogen-bond donors (Lipinski definition) is 2. The first-order valence-electron chi connectivity index (χ1n) is 8.09. The maximum Gasteiger partial charge on any atom is 0.201 e. The van der Waals surface area contributed by atoms with Gasteiger partial charge in [-0.25, -0.2) is 0 Å². The predicted molar refractivity (Wildman–Crippen MR) is 92.7 cm³/mol. The molecule has 6 nitrogen and oxygen atoms in total. The van der Waals surface area contributed by atoms with E-state index in [9.17, 15) is 29.4 Å². The van der Waals surface area contributed by atoms with Crippen LogP contribution in [0.2, 0.25) is 0 Å². The molecule has 0 aromatic heterocycles. The topological polar surface area (TPSA) is 109 Å². The fourth-order valence-corrected chi connectivity index (χ4v) is 3.84. The Morgan fingerprint density at radius 1 is 1.00 bits per heavy atom. The maximum absolute atomic E-state index is 13.1. The minimum Gasteiger partial charge on any atom is -0.511 e. The summed E-state index contributed by atoms with van der Waals surface area (Å²) in [5.74, 6) is -3.45. The number of phenolic OH excluding ortho intramolecular Hbond substituents is 1. The van der Waals surface area contributed by atoms with Gasteiger partial charge in [0, 0.05) is 16.7 Å². The molecule has 0 fully saturated rings. The van der Waals surface area contributed by atoms with E-state index in [-0.39, 0.29) is 39.2 Å². The van der Waals surface area contributed by atoms with Gasteiger partial charge in [-0.15, -0.1) is 0 Å². The average Bonchev–Trinajstić information content (AvgIpc) is 2.53. The molecule has 2 aliphatic carbocycles. The lowest BCUT2D eigenvalue weighted by molar-refractivity contribution is -0.112. The highest BCUT2D eigenvalue weighted by Gasteiger charge is 2.49. The van der Waals surface area contributed by atoms with Crippen molar-refractivity contribution in [3.63, 3.8) is 0 Å². The number of ketones is 4. The van der Waals surface area contributed by atoms with Gasteiger partial charge in [-0.1, -0.05) is 0 Å². The second-order valence-corrected chi connectivity index (χ2v) is 7.23. The van der Waals surface area contributed by atoms with Gasteiger partial charge < -0.3 is 10.2 Å². The Kier molecular flexibility index (Phi) is 3.58. The Labute approximate surface area is 149 Å². The SMILES string of the molecule is CC(=O)c1c(C)cc2c(c1O)C(=O)C1=C(C2=O)C(C)(C)C(O)=C(C)C1=O. The lowest BCUT2D eigenvalue weighted by atomic mass is 9.65. The number of phenols is 1. The van der Waals surface area contributed by atoms with Crippen molar-refractivity contribution >= 4 is 23.1 Å².